The van der Waals surface area contributed by atoms with Crippen molar-refractivity contribution < 1.29 is 4.42 Å². The Balaban J connectivity index is 0.00000192. The van der Waals surface area contributed by atoms with E-state index in [9.17, 15) is 0 Å². The molecule has 1 aliphatic carbocycles. The van der Waals surface area contributed by atoms with Crippen LogP contribution < -0.4 is 10.6 Å². The molecule has 2 aliphatic rings. The van der Waals surface area contributed by atoms with Crippen LogP contribution in [0.2, 0.25) is 0 Å². The largest absolute Gasteiger partial charge is 0.472 e. The van der Waals surface area contributed by atoms with Gasteiger partial charge < -0.3 is 15.1 Å². The van der Waals surface area contributed by atoms with Gasteiger partial charge in [0, 0.05) is 37.3 Å². The third-order valence-corrected chi connectivity index (χ3v) is 4.75. The highest BCUT2D eigenvalue weighted by Gasteiger charge is 2.30. The molecule has 1 aromatic rings. The molecule has 2 N–H and O–H groups in total. The van der Waals surface area contributed by atoms with Gasteiger partial charge in [-0.25, -0.2) is 4.99 Å². The normalized spacial score (nSPS) is 23.0. The minimum atomic E-state index is 0. The number of halogens is 1. The predicted molar refractivity (Wildman–Crippen MR) is 104 cm³/mol. The molecule has 1 unspecified atom stereocenters. The molecule has 1 saturated carbocycles. The van der Waals surface area contributed by atoms with Gasteiger partial charge in [0.1, 0.15) is 0 Å². The van der Waals surface area contributed by atoms with Gasteiger partial charge in [-0.1, -0.05) is 12.8 Å². The lowest BCUT2D eigenvalue weighted by molar-refractivity contribution is 0.242. The summed E-state index contributed by atoms with van der Waals surface area (Å²) in [4.78, 5) is 7.33. The van der Waals surface area contributed by atoms with Crippen LogP contribution in [0.25, 0.3) is 0 Å². The van der Waals surface area contributed by atoms with Crippen molar-refractivity contribution in [3.63, 3.8) is 0 Å². The summed E-state index contributed by atoms with van der Waals surface area (Å²) >= 11 is 0. The van der Waals surface area contributed by atoms with E-state index in [1.165, 1.54) is 38.6 Å². The lowest BCUT2D eigenvalue weighted by Gasteiger charge is -2.24. The van der Waals surface area contributed by atoms with Crippen LogP contribution in [0.1, 0.15) is 44.6 Å². The van der Waals surface area contributed by atoms with Gasteiger partial charge in [0.25, 0.3) is 0 Å². The molecular weight excluding hydrogens is 403 g/mol. The van der Waals surface area contributed by atoms with Crippen molar-refractivity contribution in [1.82, 2.24) is 15.5 Å². The van der Waals surface area contributed by atoms with Gasteiger partial charge in [0.15, 0.2) is 5.96 Å². The molecule has 23 heavy (non-hydrogen) atoms. The van der Waals surface area contributed by atoms with Crippen LogP contribution in [-0.2, 0) is 6.54 Å². The molecule has 0 amide bonds. The molecule has 3 rings (SSSR count). The summed E-state index contributed by atoms with van der Waals surface area (Å²) in [5.74, 6) is 0.918. The van der Waals surface area contributed by atoms with Crippen LogP contribution in [0.3, 0.4) is 0 Å². The molecule has 2 fully saturated rings. The van der Waals surface area contributed by atoms with E-state index in [1.807, 2.05) is 6.07 Å². The Morgan fingerprint density at radius 2 is 2.17 bits per heavy atom. The molecule has 1 atom stereocenters. The number of likely N-dealkylation sites (tertiary alicyclic amines) is 1. The molecule has 0 radical (unpaired) electrons. The summed E-state index contributed by atoms with van der Waals surface area (Å²) < 4.78 is 5.09. The summed E-state index contributed by atoms with van der Waals surface area (Å²) in [5, 5.41) is 6.95. The van der Waals surface area contributed by atoms with E-state index < -0.39 is 0 Å². The smallest absolute Gasteiger partial charge is 0.191 e. The second-order valence-corrected chi connectivity index (χ2v) is 6.39. The molecule has 0 spiro atoms. The maximum absolute atomic E-state index is 5.09. The molecule has 2 heterocycles. The number of guanidine groups is 1. The Morgan fingerprint density at radius 3 is 2.87 bits per heavy atom. The number of nitrogens with one attached hydrogen (secondary N) is 2. The average Bonchev–Trinajstić information content (AvgIpc) is 3.26. The SMILES string of the molecule is CCNC(=NCc1ccoc1)NC1CCN(C2CCCC2)C1.I. The van der Waals surface area contributed by atoms with Gasteiger partial charge in [-0.2, -0.15) is 0 Å². The van der Waals surface area contributed by atoms with Crippen LogP contribution in [0.4, 0.5) is 0 Å². The first kappa shape index (κ1) is 18.6. The highest BCUT2D eigenvalue weighted by molar-refractivity contribution is 14.0. The molecule has 1 saturated heterocycles. The molecule has 1 aliphatic heterocycles. The monoisotopic (exact) mass is 432 g/mol. The minimum Gasteiger partial charge on any atom is -0.472 e. The molecule has 130 valence electrons. The van der Waals surface area contributed by atoms with E-state index in [2.05, 4.69) is 27.4 Å². The fraction of sp³-hybridized carbons (Fsp3) is 0.706. The van der Waals surface area contributed by atoms with Crippen LogP contribution >= 0.6 is 24.0 Å². The average molecular weight is 432 g/mol. The Kier molecular flexibility index (Phi) is 7.69. The van der Waals surface area contributed by atoms with Crippen LogP contribution in [0, 0.1) is 0 Å². The predicted octanol–water partition coefficient (Wildman–Crippen LogP) is 2.97. The Bertz CT molecular complexity index is 471. The molecule has 6 heteroatoms. The second-order valence-electron chi connectivity index (χ2n) is 6.39. The summed E-state index contributed by atoms with van der Waals surface area (Å²) in [5.41, 5.74) is 1.11. The number of hydrogen-bond acceptors (Lipinski definition) is 3. The van der Waals surface area contributed by atoms with Crippen molar-refractivity contribution in [3.8, 4) is 0 Å². The third-order valence-electron chi connectivity index (χ3n) is 4.75. The van der Waals surface area contributed by atoms with Gasteiger partial charge >= 0.3 is 0 Å². The molecular formula is C17H29IN4O. The van der Waals surface area contributed by atoms with Crippen molar-refractivity contribution in [2.75, 3.05) is 19.6 Å². The standard InChI is InChI=1S/C17H28N4O.HI/c1-2-18-17(19-11-14-8-10-22-13-14)20-15-7-9-21(12-15)16-5-3-4-6-16;/h8,10,13,15-16H,2-7,9,11-12H2,1H3,(H2,18,19,20);1H. The van der Waals surface area contributed by atoms with E-state index in [-0.39, 0.29) is 24.0 Å². The molecule has 5 nitrogen and oxygen atoms in total. The minimum absolute atomic E-state index is 0. The van der Waals surface area contributed by atoms with Gasteiger partial charge in [0.05, 0.1) is 19.1 Å². The van der Waals surface area contributed by atoms with E-state index >= 15 is 0 Å². The van der Waals surface area contributed by atoms with Crippen molar-refractivity contribution in [1.29, 1.82) is 0 Å². The zero-order valence-electron chi connectivity index (χ0n) is 14.0. The number of nitrogens with zero attached hydrogens (tertiary/aromatic N) is 2. The van der Waals surface area contributed by atoms with Crippen LogP contribution in [-0.4, -0.2) is 42.6 Å². The summed E-state index contributed by atoms with van der Waals surface area (Å²) in [7, 11) is 0. The van der Waals surface area contributed by atoms with Crippen LogP contribution in [0.15, 0.2) is 28.0 Å². The zero-order valence-corrected chi connectivity index (χ0v) is 16.3. The van der Waals surface area contributed by atoms with Gasteiger partial charge in [0.2, 0.25) is 0 Å². The van der Waals surface area contributed by atoms with Crippen molar-refractivity contribution in [3.05, 3.63) is 24.2 Å². The van der Waals surface area contributed by atoms with Crippen molar-refractivity contribution >= 4 is 29.9 Å². The maximum atomic E-state index is 5.09. The number of hydrogen-bond donors (Lipinski definition) is 2. The van der Waals surface area contributed by atoms with E-state index in [0.717, 1.165) is 30.7 Å². The quantitative estimate of drug-likeness (QED) is 0.427. The molecule has 0 aromatic carbocycles. The van der Waals surface area contributed by atoms with E-state index in [1.54, 1.807) is 12.5 Å². The lowest BCUT2D eigenvalue weighted by atomic mass is 10.2. The first-order chi connectivity index (χ1) is 10.8. The first-order valence-electron chi connectivity index (χ1n) is 8.65. The van der Waals surface area contributed by atoms with Crippen molar-refractivity contribution in [2.45, 2.75) is 57.7 Å². The van der Waals surface area contributed by atoms with Crippen LogP contribution in [0.5, 0.6) is 0 Å². The summed E-state index contributed by atoms with van der Waals surface area (Å²) in [6.45, 7) is 6.03. The van der Waals surface area contributed by atoms with Gasteiger partial charge in [-0.15, -0.1) is 24.0 Å². The fourth-order valence-electron chi connectivity index (χ4n) is 3.57. The topological polar surface area (TPSA) is 52.8 Å². The lowest BCUT2D eigenvalue weighted by Crippen LogP contribution is -2.45. The number of rotatable bonds is 5. The summed E-state index contributed by atoms with van der Waals surface area (Å²) in [6, 6.07) is 3.31. The fourth-order valence-corrected chi connectivity index (χ4v) is 3.57. The second kappa shape index (κ2) is 9.52. The first-order valence-corrected chi connectivity index (χ1v) is 8.65. The maximum Gasteiger partial charge on any atom is 0.191 e. The highest BCUT2D eigenvalue weighted by atomic mass is 127. The number of furan rings is 1. The molecule has 1 aromatic heterocycles. The Hall–Kier alpha value is -0.760. The highest BCUT2D eigenvalue weighted by Crippen LogP contribution is 2.26. The third kappa shape index (κ3) is 5.38. The van der Waals surface area contributed by atoms with E-state index in [4.69, 9.17) is 4.42 Å². The summed E-state index contributed by atoms with van der Waals surface area (Å²) in [6.07, 6.45) is 10.3. The van der Waals surface area contributed by atoms with Gasteiger partial charge in [-0.3, -0.25) is 4.90 Å². The van der Waals surface area contributed by atoms with Crippen molar-refractivity contribution in [2.24, 2.45) is 4.99 Å². The number of aliphatic imine (C=N–C) groups is 1. The Labute approximate surface area is 156 Å². The van der Waals surface area contributed by atoms with Gasteiger partial charge in [-0.05, 0) is 32.3 Å². The molecule has 0 bridgehead atoms. The Morgan fingerprint density at radius 1 is 1.35 bits per heavy atom. The zero-order chi connectivity index (χ0) is 15.2. The van der Waals surface area contributed by atoms with E-state index in [0.29, 0.717) is 12.6 Å².